The average Bonchev–Trinajstić information content (AvgIpc) is 2.50. The maximum atomic E-state index is 13.3. The van der Waals surface area contributed by atoms with Crippen LogP contribution in [0.15, 0.2) is 18.2 Å². The van der Waals surface area contributed by atoms with Gasteiger partial charge in [0.2, 0.25) is 5.91 Å². The van der Waals surface area contributed by atoms with Crippen molar-refractivity contribution in [2.24, 2.45) is 0 Å². The van der Waals surface area contributed by atoms with Gasteiger partial charge in [-0.15, -0.1) is 0 Å². The van der Waals surface area contributed by atoms with Crippen LogP contribution < -0.4 is 0 Å². The molecule has 1 aromatic carbocycles. The minimum Gasteiger partial charge on any atom is -0.505 e. The van der Waals surface area contributed by atoms with Gasteiger partial charge in [0.05, 0.1) is 6.42 Å². The summed E-state index contributed by atoms with van der Waals surface area (Å²) in [7, 11) is 0. The Morgan fingerprint density at radius 1 is 1.41 bits per heavy atom. The highest BCUT2D eigenvalue weighted by Gasteiger charge is 2.29. The van der Waals surface area contributed by atoms with E-state index in [2.05, 4.69) is 25.7 Å². The summed E-state index contributed by atoms with van der Waals surface area (Å²) >= 11 is 0. The molecule has 0 aliphatic carbocycles. The summed E-state index contributed by atoms with van der Waals surface area (Å²) in [6, 6.07) is 4.98. The number of halogens is 1. The maximum Gasteiger partial charge on any atom is 0.227 e. The SMILES string of the molecule is CC[C@@H]1CN(C(=O)Cc2ccc(O)c(F)c2)CCN1C(C)C. The standard InChI is InChI=1S/C17H25FN2O2/c1-4-14-11-19(7-8-20(14)12(2)3)17(22)10-13-5-6-16(21)15(18)9-13/h5-6,9,12,14,21H,4,7-8,10-11H2,1-3H3/t14-/m1/s1. The first-order chi connectivity index (χ1) is 10.4. The van der Waals surface area contributed by atoms with Gasteiger partial charge in [0.25, 0.3) is 0 Å². The number of hydrogen-bond donors (Lipinski definition) is 1. The first-order valence-corrected chi connectivity index (χ1v) is 7.93. The molecule has 0 radical (unpaired) electrons. The van der Waals surface area contributed by atoms with Crippen LogP contribution in [0.1, 0.15) is 32.8 Å². The summed E-state index contributed by atoms with van der Waals surface area (Å²) in [4.78, 5) is 16.7. The highest BCUT2D eigenvalue weighted by atomic mass is 19.1. The molecule has 0 aromatic heterocycles. The van der Waals surface area contributed by atoms with E-state index in [9.17, 15) is 14.3 Å². The minimum absolute atomic E-state index is 0.0203. The van der Waals surface area contributed by atoms with Crippen LogP contribution in [0.25, 0.3) is 0 Å². The number of rotatable bonds is 4. The van der Waals surface area contributed by atoms with Gasteiger partial charge >= 0.3 is 0 Å². The Labute approximate surface area is 131 Å². The molecular formula is C17H25FN2O2. The molecule has 1 aliphatic heterocycles. The first kappa shape index (κ1) is 16.7. The van der Waals surface area contributed by atoms with Crippen LogP contribution >= 0.6 is 0 Å². The van der Waals surface area contributed by atoms with Crippen molar-refractivity contribution in [1.82, 2.24) is 9.80 Å². The number of benzene rings is 1. The van der Waals surface area contributed by atoms with E-state index in [1.807, 2.05) is 4.90 Å². The zero-order valence-electron chi connectivity index (χ0n) is 13.6. The number of nitrogens with zero attached hydrogens (tertiary/aromatic N) is 2. The summed E-state index contributed by atoms with van der Waals surface area (Å²) < 4.78 is 13.3. The summed E-state index contributed by atoms with van der Waals surface area (Å²) in [6.07, 6.45) is 1.19. The Balaban J connectivity index is 1.99. The Bertz CT molecular complexity index is 533. The van der Waals surface area contributed by atoms with Crippen molar-refractivity contribution in [2.75, 3.05) is 19.6 Å². The van der Waals surface area contributed by atoms with Crippen LogP contribution in [0.3, 0.4) is 0 Å². The molecule has 5 heteroatoms. The van der Waals surface area contributed by atoms with Gasteiger partial charge < -0.3 is 10.0 Å². The van der Waals surface area contributed by atoms with Crippen LogP contribution in [0.5, 0.6) is 5.75 Å². The predicted octanol–water partition coefficient (Wildman–Crippen LogP) is 2.41. The third-order valence-corrected chi connectivity index (χ3v) is 4.38. The van der Waals surface area contributed by atoms with Crippen molar-refractivity contribution in [2.45, 2.75) is 45.7 Å². The average molecular weight is 308 g/mol. The van der Waals surface area contributed by atoms with Crippen molar-refractivity contribution >= 4 is 5.91 Å². The second-order valence-electron chi connectivity index (χ2n) is 6.20. The predicted molar refractivity (Wildman–Crippen MR) is 84.3 cm³/mol. The van der Waals surface area contributed by atoms with Gasteiger partial charge in [-0.1, -0.05) is 13.0 Å². The molecule has 4 nitrogen and oxygen atoms in total. The zero-order chi connectivity index (χ0) is 16.3. The Kier molecular flexibility index (Phi) is 5.40. The van der Waals surface area contributed by atoms with Crippen molar-refractivity contribution in [3.05, 3.63) is 29.6 Å². The molecule has 1 atom stereocenters. The van der Waals surface area contributed by atoms with E-state index < -0.39 is 5.82 Å². The zero-order valence-corrected chi connectivity index (χ0v) is 13.6. The summed E-state index contributed by atoms with van der Waals surface area (Å²) in [5.41, 5.74) is 0.597. The molecule has 1 heterocycles. The topological polar surface area (TPSA) is 43.8 Å². The molecule has 0 spiro atoms. The fourth-order valence-electron chi connectivity index (χ4n) is 3.09. The van der Waals surface area contributed by atoms with Gasteiger partial charge in [0.15, 0.2) is 11.6 Å². The molecule has 1 N–H and O–H groups in total. The fourth-order valence-corrected chi connectivity index (χ4v) is 3.09. The summed E-state index contributed by atoms with van der Waals surface area (Å²) in [5.74, 6) is -1.04. The molecule has 1 aromatic rings. The van der Waals surface area contributed by atoms with E-state index in [1.54, 1.807) is 6.07 Å². The molecule has 0 bridgehead atoms. The normalized spacial score (nSPS) is 19.7. The number of amides is 1. The molecule has 2 rings (SSSR count). The second kappa shape index (κ2) is 7.09. The van der Waals surface area contributed by atoms with Crippen LogP contribution in [0, 0.1) is 5.82 Å². The summed E-state index contributed by atoms with van der Waals surface area (Å²) in [6.45, 7) is 8.83. The third-order valence-electron chi connectivity index (χ3n) is 4.38. The molecule has 122 valence electrons. The molecule has 0 unspecified atom stereocenters. The lowest BCUT2D eigenvalue weighted by Crippen LogP contribution is -2.56. The van der Waals surface area contributed by atoms with Crippen LogP contribution in [0.4, 0.5) is 4.39 Å². The molecule has 22 heavy (non-hydrogen) atoms. The number of carbonyl (C=O) groups excluding carboxylic acids is 1. The smallest absolute Gasteiger partial charge is 0.227 e. The molecule has 1 amide bonds. The van der Waals surface area contributed by atoms with Crippen molar-refractivity contribution < 1.29 is 14.3 Å². The number of piperazine rings is 1. The van der Waals surface area contributed by atoms with Crippen molar-refractivity contribution in [1.29, 1.82) is 0 Å². The van der Waals surface area contributed by atoms with E-state index in [-0.39, 0.29) is 18.1 Å². The second-order valence-corrected chi connectivity index (χ2v) is 6.20. The lowest BCUT2D eigenvalue weighted by Gasteiger charge is -2.43. The molecular weight excluding hydrogens is 283 g/mol. The van der Waals surface area contributed by atoms with Gasteiger partial charge in [-0.05, 0) is 38.0 Å². The Morgan fingerprint density at radius 2 is 2.14 bits per heavy atom. The van der Waals surface area contributed by atoms with Crippen LogP contribution in [-0.4, -0.2) is 52.5 Å². The van der Waals surface area contributed by atoms with Gasteiger partial charge in [0, 0.05) is 31.7 Å². The largest absolute Gasteiger partial charge is 0.505 e. The highest BCUT2D eigenvalue weighted by molar-refractivity contribution is 5.79. The quantitative estimate of drug-likeness (QED) is 0.929. The lowest BCUT2D eigenvalue weighted by molar-refractivity contribution is -0.134. The number of aromatic hydroxyl groups is 1. The number of phenols is 1. The van der Waals surface area contributed by atoms with E-state index >= 15 is 0 Å². The summed E-state index contributed by atoms with van der Waals surface area (Å²) in [5, 5.41) is 9.20. The Hall–Kier alpha value is -1.62. The molecule has 1 saturated heterocycles. The number of carbonyl (C=O) groups is 1. The van der Waals surface area contributed by atoms with Gasteiger partial charge in [0.1, 0.15) is 0 Å². The minimum atomic E-state index is -0.679. The molecule has 1 fully saturated rings. The first-order valence-electron chi connectivity index (χ1n) is 7.93. The number of hydrogen-bond acceptors (Lipinski definition) is 3. The van der Waals surface area contributed by atoms with Crippen molar-refractivity contribution in [3.63, 3.8) is 0 Å². The van der Waals surface area contributed by atoms with Crippen LogP contribution in [-0.2, 0) is 11.2 Å². The number of phenolic OH excluding ortho intramolecular Hbond substituents is 1. The van der Waals surface area contributed by atoms with E-state index in [0.717, 1.165) is 19.5 Å². The van der Waals surface area contributed by atoms with Gasteiger partial charge in [-0.25, -0.2) is 4.39 Å². The van der Waals surface area contributed by atoms with Crippen molar-refractivity contribution in [3.8, 4) is 5.75 Å². The third kappa shape index (κ3) is 3.77. The lowest BCUT2D eigenvalue weighted by atomic mass is 10.1. The highest BCUT2D eigenvalue weighted by Crippen LogP contribution is 2.19. The Morgan fingerprint density at radius 3 is 2.73 bits per heavy atom. The van der Waals surface area contributed by atoms with Gasteiger partial charge in [-0.3, -0.25) is 9.69 Å². The fraction of sp³-hybridized carbons (Fsp3) is 0.588. The van der Waals surface area contributed by atoms with Crippen LogP contribution in [0.2, 0.25) is 0 Å². The maximum absolute atomic E-state index is 13.3. The molecule has 1 aliphatic rings. The molecule has 0 saturated carbocycles. The monoisotopic (exact) mass is 308 g/mol. The van der Waals surface area contributed by atoms with E-state index in [4.69, 9.17) is 0 Å². The van der Waals surface area contributed by atoms with E-state index in [0.29, 0.717) is 24.2 Å². The van der Waals surface area contributed by atoms with Gasteiger partial charge in [-0.2, -0.15) is 0 Å². The van der Waals surface area contributed by atoms with E-state index in [1.165, 1.54) is 12.1 Å².